The molecular formula is C14H21ClN2O2. The summed E-state index contributed by atoms with van der Waals surface area (Å²) in [6.07, 6.45) is -0.639. The van der Waals surface area contributed by atoms with Crippen LogP contribution in [0.2, 0.25) is 5.02 Å². The molecule has 0 spiro atoms. The van der Waals surface area contributed by atoms with E-state index in [4.69, 9.17) is 16.7 Å². The molecule has 0 amide bonds. The van der Waals surface area contributed by atoms with Gasteiger partial charge in [0.15, 0.2) is 0 Å². The van der Waals surface area contributed by atoms with Crippen LogP contribution in [0, 0.1) is 6.92 Å². The molecule has 1 saturated heterocycles. The van der Waals surface area contributed by atoms with Crippen molar-refractivity contribution in [3.8, 4) is 0 Å². The fourth-order valence-electron chi connectivity index (χ4n) is 2.45. The number of hydrogen-bond acceptors (Lipinski definition) is 4. The van der Waals surface area contributed by atoms with Crippen LogP contribution >= 0.6 is 11.6 Å². The normalized spacial score (nSPS) is 18.6. The summed E-state index contributed by atoms with van der Waals surface area (Å²) in [6, 6.07) is 5.96. The van der Waals surface area contributed by atoms with Crippen LogP contribution in [0.5, 0.6) is 0 Å². The summed E-state index contributed by atoms with van der Waals surface area (Å²) in [5.41, 5.74) is 2.42. The number of nitrogens with zero attached hydrogens (tertiary/aromatic N) is 2. The van der Waals surface area contributed by atoms with Crippen LogP contribution in [0.4, 0.5) is 5.69 Å². The zero-order chi connectivity index (χ0) is 13.8. The summed E-state index contributed by atoms with van der Waals surface area (Å²) >= 11 is 6.05. The second-order valence-corrected chi connectivity index (χ2v) is 5.49. The molecule has 2 rings (SSSR count). The Balaban J connectivity index is 1.94. The van der Waals surface area contributed by atoms with Crippen LogP contribution < -0.4 is 4.90 Å². The predicted molar refractivity (Wildman–Crippen MR) is 77.9 cm³/mol. The molecule has 1 atom stereocenters. The fourth-order valence-corrected chi connectivity index (χ4v) is 2.62. The first-order valence-corrected chi connectivity index (χ1v) is 7.00. The molecule has 1 heterocycles. The molecular weight excluding hydrogens is 264 g/mol. The summed E-state index contributed by atoms with van der Waals surface area (Å²) < 4.78 is 0. The first-order chi connectivity index (χ1) is 9.10. The van der Waals surface area contributed by atoms with Gasteiger partial charge in [-0.25, -0.2) is 0 Å². The number of β-amino-alcohol motifs (C(OH)–C–C–N with tert-alkyl or cyclic N) is 1. The second-order valence-electron chi connectivity index (χ2n) is 5.05. The molecule has 4 nitrogen and oxygen atoms in total. The lowest BCUT2D eigenvalue weighted by atomic mass is 10.1. The van der Waals surface area contributed by atoms with Gasteiger partial charge in [0.25, 0.3) is 0 Å². The maximum absolute atomic E-state index is 9.45. The topological polar surface area (TPSA) is 46.9 Å². The monoisotopic (exact) mass is 284 g/mol. The molecule has 1 aliphatic rings. The van der Waals surface area contributed by atoms with Gasteiger partial charge in [-0.3, -0.25) is 4.90 Å². The van der Waals surface area contributed by atoms with Crippen molar-refractivity contribution in [1.29, 1.82) is 0 Å². The van der Waals surface area contributed by atoms with Gasteiger partial charge in [-0.1, -0.05) is 17.7 Å². The summed E-state index contributed by atoms with van der Waals surface area (Å²) in [7, 11) is 0. The van der Waals surface area contributed by atoms with Crippen molar-refractivity contribution in [2.45, 2.75) is 13.0 Å². The third-order valence-electron chi connectivity index (χ3n) is 3.56. The van der Waals surface area contributed by atoms with E-state index >= 15 is 0 Å². The van der Waals surface area contributed by atoms with Gasteiger partial charge in [-0.05, 0) is 24.6 Å². The zero-order valence-electron chi connectivity index (χ0n) is 11.2. The van der Waals surface area contributed by atoms with Gasteiger partial charge in [0, 0.05) is 43.4 Å². The first-order valence-electron chi connectivity index (χ1n) is 6.62. The number of rotatable bonds is 4. The molecule has 0 unspecified atom stereocenters. The average Bonchev–Trinajstić information content (AvgIpc) is 2.42. The van der Waals surface area contributed by atoms with E-state index in [9.17, 15) is 5.11 Å². The van der Waals surface area contributed by atoms with Crippen LogP contribution in [0.25, 0.3) is 0 Å². The molecule has 106 valence electrons. The third kappa shape index (κ3) is 3.83. The van der Waals surface area contributed by atoms with E-state index in [-0.39, 0.29) is 6.61 Å². The molecule has 0 radical (unpaired) electrons. The van der Waals surface area contributed by atoms with Gasteiger partial charge < -0.3 is 15.1 Å². The van der Waals surface area contributed by atoms with E-state index in [0.29, 0.717) is 6.54 Å². The SMILES string of the molecule is Cc1ccc(Cl)cc1N1CCN(C[C@@H](O)CO)CC1. The molecule has 19 heavy (non-hydrogen) atoms. The number of benzene rings is 1. The van der Waals surface area contributed by atoms with E-state index in [1.54, 1.807) is 0 Å². The molecule has 2 N–H and O–H groups in total. The summed E-state index contributed by atoms with van der Waals surface area (Å²) in [6.45, 7) is 6.07. The number of hydrogen-bond donors (Lipinski definition) is 2. The van der Waals surface area contributed by atoms with Gasteiger partial charge in [0.1, 0.15) is 0 Å². The molecule has 0 aromatic heterocycles. The quantitative estimate of drug-likeness (QED) is 0.870. The number of anilines is 1. The highest BCUT2D eigenvalue weighted by atomic mass is 35.5. The van der Waals surface area contributed by atoms with Crippen LogP contribution in [-0.2, 0) is 0 Å². The highest BCUT2D eigenvalue weighted by Crippen LogP contribution is 2.25. The van der Waals surface area contributed by atoms with Gasteiger partial charge in [0.05, 0.1) is 12.7 Å². The number of piperazine rings is 1. The Hall–Kier alpha value is -0.810. The minimum Gasteiger partial charge on any atom is -0.394 e. The van der Waals surface area contributed by atoms with Crippen LogP contribution in [0.1, 0.15) is 5.56 Å². The van der Waals surface area contributed by atoms with E-state index < -0.39 is 6.10 Å². The van der Waals surface area contributed by atoms with Crippen molar-refractivity contribution < 1.29 is 10.2 Å². The third-order valence-corrected chi connectivity index (χ3v) is 3.80. The van der Waals surface area contributed by atoms with E-state index in [0.717, 1.165) is 31.2 Å². The van der Waals surface area contributed by atoms with Crippen LogP contribution in [-0.4, -0.2) is 60.5 Å². The van der Waals surface area contributed by atoms with E-state index in [1.165, 1.54) is 11.3 Å². The largest absolute Gasteiger partial charge is 0.394 e. The summed E-state index contributed by atoms with van der Waals surface area (Å²) in [5, 5.41) is 19.1. The average molecular weight is 285 g/mol. The van der Waals surface area contributed by atoms with Crippen LogP contribution in [0.3, 0.4) is 0 Å². The number of aliphatic hydroxyl groups is 2. The maximum atomic E-state index is 9.45. The molecule has 1 fully saturated rings. The Labute approximate surface area is 119 Å². The summed E-state index contributed by atoms with van der Waals surface area (Å²) in [4.78, 5) is 4.50. The van der Waals surface area contributed by atoms with Crippen molar-refractivity contribution in [1.82, 2.24) is 4.90 Å². The molecule has 0 bridgehead atoms. The lowest BCUT2D eigenvalue weighted by Gasteiger charge is -2.37. The zero-order valence-corrected chi connectivity index (χ0v) is 12.0. The minimum atomic E-state index is -0.639. The second kappa shape index (κ2) is 6.57. The molecule has 0 aliphatic carbocycles. The smallest absolute Gasteiger partial charge is 0.0897 e. The number of aryl methyl sites for hydroxylation is 1. The van der Waals surface area contributed by atoms with Crippen molar-refractivity contribution in [3.05, 3.63) is 28.8 Å². The van der Waals surface area contributed by atoms with Crippen molar-refractivity contribution in [2.24, 2.45) is 0 Å². The maximum Gasteiger partial charge on any atom is 0.0897 e. The molecule has 1 aliphatic heterocycles. The van der Waals surface area contributed by atoms with Gasteiger partial charge in [0.2, 0.25) is 0 Å². The van der Waals surface area contributed by atoms with Gasteiger partial charge >= 0.3 is 0 Å². The fraction of sp³-hybridized carbons (Fsp3) is 0.571. The Kier molecular flexibility index (Phi) is 5.05. The minimum absolute atomic E-state index is 0.173. The van der Waals surface area contributed by atoms with E-state index in [1.807, 2.05) is 18.2 Å². The highest BCUT2D eigenvalue weighted by molar-refractivity contribution is 6.30. The number of halogens is 1. The molecule has 1 aromatic carbocycles. The van der Waals surface area contributed by atoms with Gasteiger partial charge in [-0.15, -0.1) is 0 Å². The van der Waals surface area contributed by atoms with Crippen molar-refractivity contribution in [3.63, 3.8) is 0 Å². The predicted octanol–water partition coefficient (Wildman–Crippen LogP) is 1.12. The van der Waals surface area contributed by atoms with Gasteiger partial charge in [-0.2, -0.15) is 0 Å². The highest BCUT2D eigenvalue weighted by Gasteiger charge is 2.20. The summed E-state index contributed by atoms with van der Waals surface area (Å²) in [5.74, 6) is 0. The van der Waals surface area contributed by atoms with Crippen molar-refractivity contribution >= 4 is 17.3 Å². The Morgan fingerprint density at radius 3 is 2.58 bits per heavy atom. The standard InChI is InChI=1S/C14H21ClN2O2/c1-11-2-3-12(15)8-14(11)17-6-4-16(5-7-17)9-13(19)10-18/h2-3,8,13,18-19H,4-7,9-10H2,1H3/t13-/m1/s1. The lowest BCUT2D eigenvalue weighted by molar-refractivity contribution is 0.0575. The molecule has 0 saturated carbocycles. The van der Waals surface area contributed by atoms with Crippen molar-refractivity contribution in [2.75, 3.05) is 44.2 Å². The molecule has 5 heteroatoms. The Morgan fingerprint density at radius 1 is 1.26 bits per heavy atom. The van der Waals surface area contributed by atoms with E-state index in [2.05, 4.69) is 16.7 Å². The lowest BCUT2D eigenvalue weighted by Crippen LogP contribution is -2.49. The Morgan fingerprint density at radius 2 is 1.95 bits per heavy atom. The first kappa shape index (κ1) is 14.6. The van der Waals surface area contributed by atoms with Crippen LogP contribution in [0.15, 0.2) is 18.2 Å². The number of aliphatic hydroxyl groups excluding tert-OH is 2. The Bertz CT molecular complexity index is 420. The molecule has 1 aromatic rings.